The Morgan fingerprint density at radius 3 is 2.75 bits per heavy atom. The SMILES string of the molecule is CCn1nc(C)c(CN2CCCC(CCC(=O)NCc3ccc(OC)cc3OC)C2)c1C. The number of piperidine rings is 1. The first-order valence-electron chi connectivity index (χ1n) is 11.7. The highest BCUT2D eigenvalue weighted by Gasteiger charge is 2.23. The van der Waals surface area contributed by atoms with Crippen LogP contribution in [0.15, 0.2) is 18.2 Å². The molecule has 1 saturated heterocycles. The molecule has 1 unspecified atom stereocenters. The number of hydrogen-bond acceptors (Lipinski definition) is 5. The van der Waals surface area contributed by atoms with Crippen molar-refractivity contribution in [3.8, 4) is 11.5 Å². The van der Waals surface area contributed by atoms with E-state index < -0.39 is 0 Å². The molecular formula is C25H38N4O3. The van der Waals surface area contributed by atoms with Gasteiger partial charge in [-0.25, -0.2) is 0 Å². The van der Waals surface area contributed by atoms with Gasteiger partial charge in [0.1, 0.15) is 11.5 Å². The predicted molar refractivity (Wildman–Crippen MR) is 126 cm³/mol. The maximum atomic E-state index is 12.5. The topological polar surface area (TPSA) is 68.6 Å². The first kappa shape index (κ1) is 24.1. The zero-order chi connectivity index (χ0) is 23.1. The summed E-state index contributed by atoms with van der Waals surface area (Å²) in [7, 11) is 3.26. The van der Waals surface area contributed by atoms with Crippen molar-refractivity contribution >= 4 is 5.91 Å². The maximum absolute atomic E-state index is 12.5. The lowest BCUT2D eigenvalue weighted by molar-refractivity contribution is -0.121. The number of nitrogens with one attached hydrogen (secondary N) is 1. The van der Waals surface area contributed by atoms with Crippen LogP contribution in [0.5, 0.6) is 11.5 Å². The van der Waals surface area contributed by atoms with E-state index in [1.165, 1.54) is 24.1 Å². The quantitative estimate of drug-likeness (QED) is 0.605. The second-order valence-electron chi connectivity index (χ2n) is 8.70. The van der Waals surface area contributed by atoms with Crippen molar-refractivity contribution in [3.63, 3.8) is 0 Å². The molecule has 3 rings (SSSR count). The molecule has 176 valence electrons. The zero-order valence-corrected chi connectivity index (χ0v) is 20.2. The summed E-state index contributed by atoms with van der Waals surface area (Å²) in [6, 6.07) is 5.65. The molecule has 1 N–H and O–H groups in total. The second kappa shape index (κ2) is 11.4. The maximum Gasteiger partial charge on any atom is 0.220 e. The number of nitrogens with zero attached hydrogens (tertiary/aromatic N) is 3. The molecule has 1 aromatic carbocycles. The van der Waals surface area contributed by atoms with Crippen molar-refractivity contribution in [2.24, 2.45) is 5.92 Å². The van der Waals surface area contributed by atoms with Crippen LogP contribution >= 0.6 is 0 Å². The van der Waals surface area contributed by atoms with Gasteiger partial charge in [0.2, 0.25) is 5.91 Å². The molecule has 2 heterocycles. The van der Waals surface area contributed by atoms with Gasteiger partial charge in [-0.15, -0.1) is 0 Å². The molecule has 7 nitrogen and oxygen atoms in total. The van der Waals surface area contributed by atoms with Crippen LogP contribution in [0.3, 0.4) is 0 Å². The van der Waals surface area contributed by atoms with Gasteiger partial charge in [-0.1, -0.05) is 0 Å². The molecule has 0 spiro atoms. The predicted octanol–water partition coefficient (Wildman–Crippen LogP) is 3.85. The van der Waals surface area contributed by atoms with E-state index in [2.05, 4.69) is 40.8 Å². The van der Waals surface area contributed by atoms with Crippen molar-refractivity contribution in [2.45, 2.75) is 66.1 Å². The molecule has 1 amide bonds. The molecule has 1 aromatic heterocycles. The highest BCUT2D eigenvalue weighted by atomic mass is 16.5. The van der Waals surface area contributed by atoms with E-state index >= 15 is 0 Å². The average molecular weight is 443 g/mol. The number of carbonyl (C=O) groups is 1. The first-order chi connectivity index (χ1) is 15.4. The Morgan fingerprint density at radius 2 is 2.06 bits per heavy atom. The normalized spacial score (nSPS) is 16.7. The lowest BCUT2D eigenvalue weighted by Gasteiger charge is -2.32. The van der Waals surface area contributed by atoms with Gasteiger partial charge >= 0.3 is 0 Å². The van der Waals surface area contributed by atoms with Gasteiger partial charge in [-0.2, -0.15) is 5.10 Å². The monoisotopic (exact) mass is 442 g/mol. The van der Waals surface area contributed by atoms with Gasteiger partial charge in [0, 0.05) is 55.5 Å². The van der Waals surface area contributed by atoms with Gasteiger partial charge in [-0.05, 0) is 64.6 Å². The Balaban J connectivity index is 1.46. The van der Waals surface area contributed by atoms with Crippen molar-refractivity contribution in [3.05, 3.63) is 40.7 Å². The van der Waals surface area contributed by atoms with E-state index in [4.69, 9.17) is 9.47 Å². The molecule has 1 atom stereocenters. The summed E-state index contributed by atoms with van der Waals surface area (Å²) in [5.41, 5.74) is 4.72. The highest BCUT2D eigenvalue weighted by molar-refractivity contribution is 5.75. The van der Waals surface area contributed by atoms with E-state index in [-0.39, 0.29) is 5.91 Å². The summed E-state index contributed by atoms with van der Waals surface area (Å²) in [6.45, 7) is 10.9. The lowest BCUT2D eigenvalue weighted by Crippen LogP contribution is -2.35. The van der Waals surface area contributed by atoms with Crippen molar-refractivity contribution in [1.29, 1.82) is 0 Å². The van der Waals surface area contributed by atoms with Crippen LogP contribution in [-0.2, 0) is 24.4 Å². The Morgan fingerprint density at radius 1 is 1.25 bits per heavy atom. The van der Waals surface area contributed by atoms with Crippen LogP contribution in [0.1, 0.15) is 55.1 Å². The second-order valence-corrected chi connectivity index (χ2v) is 8.70. The first-order valence-corrected chi connectivity index (χ1v) is 11.7. The molecular weight excluding hydrogens is 404 g/mol. The Bertz CT molecular complexity index is 909. The molecule has 1 fully saturated rings. The molecule has 32 heavy (non-hydrogen) atoms. The third kappa shape index (κ3) is 6.03. The third-order valence-corrected chi connectivity index (χ3v) is 6.57. The van der Waals surface area contributed by atoms with E-state index in [0.29, 0.717) is 18.9 Å². The number of likely N-dealkylation sites (tertiary alicyclic amines) is 1. The van der Waals surface area contributed by atoms with E-state index in [1.807, 2.05) is 18.2 Å². The molecule has 0 aliphatic carbocycles. The lowest BCUT2D eigenvalue weighted by atomic mass is 9.93. The number of benzene rings is 1. The van der Waals surface area contributed by atoms with Gasteiger partial charge < -0.3 is 14.8 Å². The fraction of sp³-hybridized carbons (Fsp3) is 0.600. The van der Waals surface area contributed by atoms with Gasteiger partial charge in [0.25, 0.3) is 0 Å². The van der Waals surface area contributed by atoms with Gasteiger partial charge in [0.05, 0.1) is 19.9 Å². The average Bonchev–Trinajstić information content (AvgIpc) is 3.09. The van der Waals surface area contributed by atoms with Crippen LogP contribution < -0.4 is 14.8 Å². The standard InChI is InChI=1S/C25H38N4O3/c1-6-29-19(3)23(18(2)27-29)17-28-13-7-8-20(16-28)9-12-25(30)26-15-21-10-11-22(31-4)14-24(21)32-5/h10-11,14,20H,6-9,12-13,15-17H2,1-5H3,(H,26,30). The minimum Gasteiger partial charge on any atom is -0.497 e. The van der Waals surface area contributed by atoms with Crippen LogP contribution in [0.25, 0.3) is 0 Å². The summed E-state index contributed by atoms with van der Waals surface area (Å²) >= 11 is 0. The van der Waals surface area contributed by atoms with Gasteiger partial charge in [0.15, 0.2) is 0 Å². The summed E-state index contributed by atoms with van der Waals surface area (Å²) in [5.74, 6) is 2.12. The van der Waals surface area contributed by atoms with E-state index in [9.17, 15) is 4.79 Å². The summed E-state index contributed by atoms with van der Waals surface area (Å²) < 4.78 is 12.7. The minimum atomic E-state index is 0.0934. The highest BCUT2D eigenvalue weighted by Crippen LogP contribution is 2.26. The number of carbonyl (C=O) groups excluding carboxylic acids is 1. The minimum absolute atomic E-state index is 0.0934. The number of ether oxygens (including phenoxy) is 2. The largest absolute Gasteiger partial charge is 0.497 e. The molecule has 7 heteroatoms. The van der Waals surface area contributed by atoms with Crippen LogP contribution in [0, 0.1) is 19.8 Å². The third-order valence-electron chi connectivity index (χ3n) is 6.57. The summed E-state index contributed by atoms with van der Waals surface area (Å²) in [4.78, 5) is 15.0. The Hall–Kier alpha value is -2.54. The van der Waals surface area contributed by atoms with E-state index in [0.717, 1.165) is 55.4 Å². The number of aromatic nitrogens is 2. The van der Waals surface area contributed by atoms with Crippen LogP contribution in [0.4, 0.5) is 0 Å². The van der Waals surface area contributed by atoms with Crippen molar-refractivity contribution in [2.75, 3.05) is 27.3 Å². The van der Waals surface area contributed by atoms with Crippen LogP contribution in [-0.4, -0.2) is 47.9 Å². The summed E-state index contributed by atoms with van der Waals surface area (Å²) in [5, 5.41) is 7.70. The van der Waals surface area contributed by atoms with Crippen molar-refractivity contribution < 1.29 is 14.3 Å². The number of aryl methyl sites for hydroxylation is 2. The number of rotatable bonds is 10. The number of amides is 1. The smallest absolute Gasteiger partial charge is 0.220 e. The molecule has 0 saturated carbocycles. The van der Waals surface area contributed by atoms with Crippen LogP contribution in [0.2, 0.25) is 0 Å². The zero-order valence-electron chi connectivity index (χ0n) is 20.2. The van der Waals surface area contributed by atoms with Crippen molar-refractivity contribution in [1.82, 2.24) is 20.0 Å². The number of hydrogen-bond donors (Lipinski definition) is 1. The molecule has 0 bridgehead atoms. The summed E-state index contributed by atoms with van der Waals surface area (Å²) in [6.07, 6.45) is 3.87. The molecule has 0 radical (unpaired) electrons. The molecule has 1 aliphatic heterocycles. The fourth-order valence-electron chi connectivity index (χ4n) is 4.64. The fourth-order valence-corrected chi connectivity index (χ4v) is 4.64. The Kier molecular flexibility index (Phi) is 8.56. The molecule has 1 aliphatic rings. The van der Waals surface area contributed by atoms with Gasteiger partial charge in [-0.3, -0.25) is 14.4 Å². The number of methoxy groups -OCH3 is 2. The Labute approximate surface area is 192 Å². The molecule has 2 aromatic rings. The van der Waals surface area contributed by atoms with E-state index in [1.54, 1.807) is 14.2 Å².